The maximum Gasteiger partial charge on any atom is 0.213 e. The molecule has 0 heterocycles. The number of nitrogens with one attached hydrogen (secondary N) is 1. The number of nitrogens with zero attached hydrogens (tertiary/aromatic N) is 2. The lowest BCUT2D eigenvalue weighted by Crippen LogP contribution is -2.25. The van der Waals surface area contributed by atoms with Gasteiger partial charge in [0, 0.05) is 26.3 Å². The number of carbonyl (C=O) groups excluding carboxylic acids is 1. The molecule has 5 heteroatoms. The molecule has 0 atom stereocenters. The van der Waals surface area contributed by atoms with Gasteiger partial charge in [-0.1, -0.05) is 0 Å². The molecule has 0 aromatic rings. The van der Waals surface area contributed by atoms with Gasteiger partial charge in [-0.2, -0.15) is 0 Å². The van der Waals surface area contributed by atoms with E-state index in [0.29, 0.717) is 12.4 Å². The topological polar surface area (TPSA) is 70.7 Å². The Morgan fingerprint density at radius 3 is 2.85 bits per heavy atom. The Balaban J connectivity index is 3.96. The fraction of sp³-hybridized carbons (Fsp3) is 0.500. The molecule has 3 N–H and O–H groups in total. The van der Waals surface area contributed by atoms with Gasteiger partial charge in [0.05, 0.1) is 0 Å². The average Bonchev–Trinajstić information content (AvgIpc) is 2.17. The molecule has 0 unspecified atom stereocenters. The van der Waals surface area contributed by atoms with E-state index < -0.39 is 0 Å². The van der Waals surface area contributed by atoms with Crippen LogP contribution >= 0.6 is 0 Å². The van der Waals surface area contributed by atoms with Gasteiger partial charge in [0.1, 0.15) is 5.84 Å². The van der Waals surface area contributed by atoms with Gasteiger partial charge in [-0.15, -0.1) is 0 Å². The summed E-state index contributed by atoms with van der Waals surface area (Å²) >= 11 is 0. The second-order valence-corrected chi connectivity index (χ2v) is 2.41. The Morgan fingerprint density at radius 1 is 1.69 bits per heavy atom. The highest BCUT2D eigenvalue weighted by atomic mass is 16.1. The quantitative estimate of drug-likeness (QED) is 0.321. The zero-order chi connectivity index (χ0) is 10.1. The Morgan fingerprint density at radius 2 is 2.38 bits per heavy atom. The third-order valence-corrected chi connectivity index (χ3v) is 1.45. The second-order valence-electron chi connectivity index (χ2n) is 2.41. The molecule has 0 aliphatic carbocycles. The van der Waals surface area contributed by atoms with Gasteiger partial charge in [0.15, 0.2) is 0 Å². The summed E-state index contributed by atoms with van der Waals surface area (Å²) in [6, 6.07) is 0. The first-order valence-electron chi connectivity index (χ1n) is 4.00. The van der Waals surface area contributed by atoms with Crippen molar-refractivity contribution in [3.05, 3.63) is 12.3 Å². The van der Waals surface area contributed by atoms with E-state index in [1.807, 2.05) is 7.05 Å². The summed E-state index contributed by atoms with van der Waals surface area (Å²) in [6.07, 6.45) is 3.94. The van der Waals surface area contributed by atoms with E-state index >= 15 is 0 Å². The summed E-state index contributed by atoms with van der Waals surface area (Å²) < 4.78 is 0. The lowest BCUT2D eigenvalue weighted by Gasteiger charge is -2.10. The summed E-state index contributed by atoms with van der Waals surface area (Å²) in [5.74, 6) is 0.399. The van der Waals surface area contributed by atoms with Crippen molar-refractivity contribution in [2.45, 2.75) is 0 Å². The van der Waals surface area contributed by atoms with Crippen LogP contribution in [-0.2, 0) is 4.79 Å². The molecule has 0 rings (SSSR count). The van der Waals surface area contributed by atoms with Crippen LogP contribution in [-0.4, -0.2) is 44.3 Å². The number of aliphatic imine (C=N–C) groups is 1. The molecule has 13 heavy (non-hydrogen) atoms. The first-order valence-corrected chi connectivity index (χ1v) is 4.00. The number of amides is 1. The summed E-state index contributed by atoms with van der Waals surface area (Å²) in [5, 5.41) is 2.94. The highest BCUT2D eigenvalue weighted by Crippen LogP contribution is 1.84. The van der Waals surface area contributed by atoms with Crippen LogP contribution in [0.15, 0.2) is 17.3 Å². The smallest absolute Gasteiger partial charge is 0.213 e. The number of amidine groups is 1. The van der Waals surface area contributed by atoms with Crippen molar-refractivity contribution in [1.29, 1.82) is 0 Å². The van der Waals surface area contributed by atoms with Crippen molar-refractivity contribution < 1.29 is 4.79 Å². The van der Waals surface area contributed by atoms with Crippen molar-refractivity contribution >= 4 is 12.2 Å². The Labute approximate surface area is 78.3 Å². The van der Waals surface area contributed by atoms with E-state index in [2.05, 4.69) is 10.3 Å². The van der Waals surface area contributed by atoms with E-state index in [1.54, 1.807) is 19.3 Å². The predicted molar refractivity (Wildman–Crippen MR) is 53.4 cm³/mol. The highest BCUT2D eigenvalue weighted by Gasteiger charge is 1.94. The summed E-state index contributed by atoms with van der Waals surface area (Å²) in [6.45, 7) is 1.36. The Kier molecular flexibility index (Phi) is 6.53. The van der Waals surface area contributed by atoms with Gasteiger partial charge in [-0.3, -0.25) is 9.79 Å². The van der Waals surface area contributed by atoms with E-state index in [0.717, 1.165) is 13.0 Å². The molecule has 0 aromatic carbocycles. The SMILES string of the molecule is CN=C(N)/C=C\N(C=O)CCNC. The lowest BCUT2D eigenvalue weighted by molar-refractivity contribution is -0.115. The largest absolute Gasteiger partial charge is 0.384 e. The third kappa shape index (κ3) is 5.86. The van der Waals surface area contributed by atoms with Crippen LogP contribution in [0.2, 0.25) is 0 Å². The molecule has 1 amide bonds. The highest BCUT2D eigenvalue weighted by molar-refractivity contribution is 5.91. The zero-order valence-electron chi connectivity index (χ0n) is 8.03. The van der Waals surface area contributed by atoms with Gasteiger partial charge in [-0.05, 0) is 13.1 Å². The third-order valence-electron chi connectivity index (χ3n) is 1.45. The van der Waals surface area contributed by atoms with Crippen molar-refractivity contribution in [2.75, 3.05) is 27.2 Å². The first kappa shape index (κ1) is 11.6. The van der Waals surface area contributed by atoms with Crippen molar-refractivity contribution in [3.8, 4) is 0 Å². The van der Waals surface area contributed by atoms with Crippen LogP contribution in [0.3, 0.4) is 0 Å². The molecular formula is C8H16N4O. The van der Waals surface area contributed by atoms with E-state index in [4.69, 9.17) is 5.73 Å². The minimum atomic E-state index is 0.399. The lowest BCUT2D eigenvalue weighted by atomic mass is 10.5. The van der Waals surface area contributed by atoms with Gasteiger partial charge in [0.2, 0.25) is 6.41 Å². The molecule has 5 nitrogen and oxygen atoms in total. The maximum atomic E-state index is 10.5. The molecular weight excluding hydrogens is 168 g/mol. The van der Waals surface area contributed by atoms with E-state index in [1.165, 1.54) is 4.90 Å². The molecule has 0 aliphatic rings. The molecule has 0 radical (unpaired) electrons. The van der Waals surface area contributed by atoms with Crippen molar-refractivity contribution in [1.82, 2.24) is 10.2 Å². The van der Waals surface area contributed by atoms with Gasteiger partial charge in [-0.25, -0.2) is 0 Å². The molecule has 0 aliphatic heterocycles. The molecule has 0 saturated heterocycles. The molecule has 0 saturated carbocycles. The van der Waals surface area contributed by atoms with Crippen LogP contribution < -0.4 is 11.1 Å². The number of nitrogens with two attached hydrogens (primary N) is 1. The maximum absolute atomic E-state index is 10.5. The fourth-order valence-corrected chi connectivity index (χ4v) is 0.650. The van der Waals surface area contributed by atoms with Gasteiger partial charge < -0.3 is 16.0 Å². The predicted octanol–water partition coefficient (Wildman–Crippen LogP) is -0.835. The van der Waals surface area contributed by atoms with Crippen LogP contribution in [0.25, 0.3) is 0 Å². The van der Waals surface area contributed by atoms with Crippen LogP contribution in [0.5, 0.6) is 0 Å². The van der Waals surface area contributed by atoms with Crippen LogP contribution in [0, 0.1) is 0 Å². The van der Waals surface area contributed by atoms with Crippen LogP contribution in [0.4, 0.5) is 0 Å². The van der Waals surface area contributed by atoms with Crippen molar-refractivity contribution in [2.24, 2.45) is 10.7 Å². The summed E-state index contributed by atoms with van der Waals surface area (Å²) in [7, 11) is 3.42. The molecule has 74 valence electrons. The molecule has 0 aromatic heterocycles. The fourth-order valence-electron chi connectivity index (χ4n) is 0.650. The Bertz CT molecular complexity index is 200. The number of carbonyl (C=O) groups is 1. The van der Waals surface area contributed by atoms with E-state index in [-0.39, 0.29) is 0 Å². The van der Waals surface area contributed by atoms with Gasteiger partial charge >= 0.3 is 0 Å². The summed E-state index contributed by atoms with van der Waals surface area (Å²) in [5.41, 5.74) is 5.41. The molecule has 0 fully saturated rings. The van der Waals surface area contributed by atoms with Crippen LogP contribution in [0.1, 0.15) is 0 Å². The monoisotopic (exact) mass is 184 g/mol. The molecule has 0 spiro atoms. The summed E-state index contributed by atoms with van der Waals surface area (Å²) in [4.78, 5) is 15.7. The Hall–Kier alpha value is -1.36. The van der Waals surface area contributed by atoms with Gasteiger partial charge in [0.25, 0.3) is 0 Å². The minimum Gasteiger partial charge on any atom is -0.384 e. The standard InChI is InChI=1S/C8H16N4O/c1-10-4-6-12(7-13)5-3-8(9)11-2/h3,5,7,10H,4,6H2,1-2H3,(H2,9,11)/b5-3-. The minimum absolute atomic E-state index is 0.399. The van der Waals surface area contributed by atoms with Crippen molar-refractivity contribution in [3.63, 3.8) is 0 Å². The van der Waals surface area contributed by atoms with E-state index in [9.17, 15) is 4.79 Å². The average molecular weight is 184 g/mol. The number of rotatable bonds is 6. The first-order chi connectivity index (χ1) is 6.24. The molecule has 0 bridgehead atoms. The zero-order valence-corrected chi connectivity index (χ0v) is 8.03. The number of hydrogen-bond acceptors (Lipinski definition) is 3. The second kappa shape index (κ2) is 7.30. The number of likely N-dealkylation sites (N-methyl/N-ethyl adjacent to an activating group) is 1. The number of hydrogen-bond donors (Lipinski definition) is 2. The normalized spacial score (nSPS) is 12.0.